The number of hydrogen-bond acceptors (Lipinski definition) is 6. The lowest BCUT2D eigenvalue weighted by Gasteiger charge is -2.31. The van der Waals surface area contributed by atoms with Gasteiger partial charge in [-0.1, -0.05) is 50.6 Å². The number of ketones is 1. The highest BCUT2D eigenvalue weighted by Crippen LogP contribution is 2.39. The van der Waals surface area contributed by atoms with Crippen LogP contribution >= 0.6 is 0 Å². The Balaban J connectivity index is 1.27. The molecule has 0 saturated carbocycles. The molecule has 1 aliphatic rings. The van der Waals surface area contributed by atoms with Crippen molar-refractivity contribution >= 4 is 34.2 Å². The smallest absolute Gasteiger partial charge is 0.317 e. The Kier molecular flexibility index (Phi) is 9.26. The quantitative estimate of drug-likeness (QED) is 0.151. The second-order valence-electron chi connectivity index (χ2n) is 13.5. The first-order chi connectivity index (χ1) is 23.3. The van der Waals surface area contributed by atoms with E-state index < -0.39 is 35.2 Å². The van der Waals surface area contributed by atoms with Crippen LogP contribution < -0.4 is 16.0 Å². The molecule has 1 atom stereocenters. The summed E-state index contributed by atoms with van der Waals surface area (Å²) in [4.78, 5) is 35.3. The fourth-order valence-electron chi connectivity index (χ4n) is 6.18. The van der Waals surface area contributed by atoms with Gasteiger partial charge >= 0.3 is 12.2 Å². The van der Waals surface area contributed by atoms with Crippen molar-refractivity contribution in [2.24, 2.45) is 5.92 Å². The van der Waals surface area contributed by atoms with Crippen molar-refractivity contribution in [2.75, 3.05) is 23.7 Å². The number of nitrogens with one attached hydrogen (secondary N) is 3. The van der Waals surface area contributed by atoms with Crippen molar-refractivity contribution < 1.29 is 22.8 Å². The number of carbonyl (C=O) groups excluding carboxylic acids is 2. The van der Waals surface area contributed by atoms with Gasteiger partial charge in [-0.2, -0.15) is 18.3 Å². The van der Waals surface area contributed by atoms with Gasteiger partial charge in [0.25, 0.3) is 0 Å². The Labute approximate surface area is 282 Å². The van der Waals surface area contributed by atoms with Crippen LogP contribution in [0.3, 0.4) is 0 Å². The Morgan fingerprint density at radius 3 is 2.29 bits per heavy atom. The standard InChI is InChI=1S/C37H38F3N7O2/c1-22-5-11-27(12-6-22)47-31(20-30(46-47)36(2,3)4)45-35(49)43-26-9-7-23(8-10-26)32(24-13-16-41-17-14-24)33(48)28-19-25-21-42-18-15-29(25)44-34(28)37(38,39)40/h5-12,15,18-21,24,32,41H,13-14,16-17H2,1-4H3,(H2,43,45,49). The molecule has 2 aromatic carbocycles. The molecule has 0 spiro atoms. The zero-order valence-corrected chi connectivity index (χ0v) is 27.7. The number of urea groups is 1. The summed E-state index contributed by atoms with van der Waals surface area (Å²) in [5.74, 6) is -1.20. The molecule has 254 valence electrons. The molecule has 49 heavy (non-hydrogen) atoms. The molecule has 0 radical (unpaired) electrons. The van der Waals surface area contributed by atoms with E-state index in [0.29, 0.717) is 48.4 Å². The van der Waals surface area contributed by atoms with E-state index in [9.17, 15) is 22.8 Å². The first-order valence-corrected chi connectivity index (χ1v) is 16.2. The van der Waals surface area contributed by atoms with Gasteiger partial charge in [-0.05, 0) is 80.7 Å². The zero-order valence-electron chi connectivity index (χ0n) is 27.7. The molecule has 4 heterocycles. The number of alkyl halides is 3. The van der Waals surface area contributed by atoms with Gasteiger partial charge in [0.2, 0.25) is 0 Å². The maximum atomic E-state index is 14.3. The van der Waals surface area contributed by atoms with Crippen LogP contribution in [0, 0.1) is 12.8 Å². The molecule has 1 aliphatic heterocycles. The molecule has 0 aliphatic carbocycles. The summed E-state index contributed by atoms with van der Waals surface area (Å²) in [6.07, 6.45) is -0.818. The number of nitrogens with zero attached hydrogens (tertiary/aromatic N) is 4. The monoisotopic (exact) mass is 669 g/mol. The summed E-state index contributed by atoms with van der Waals surface area (Å²) >= 11 is 0. The third-order valence-electron chi connectivity index (χ3n) is 8.81. The lowest BCUT2D eigenvalue weighted by Crippen LogP contribution is -2.34. The Hall–Kier alpha value is -5.10. The van der Waals surface area contributed by atoms with Crippen molar-refractivity contribution in [1.82, 2.24) is 25.1 Å². The number of hydrogen-bond donors (Lipinski definition) is 3. The summed E-state index contributed by atoms with van der Waals surface area (Å²) in [6, 6.07) is 18.5. The van der Waals surface area contributed by atoms with Crippen molar-refractivity contribution in [1.29, 1.82) is 0 Å². The lowest BCUT2D eigenvalue weighted by molar-refractivity contribution is -0.141. The average Bonchev–Trinajstić information content (AvgIpc) is 3.49. The fraction of sp³-hybridized carbons (Fsp3) is 0.324. The number of piperidine rings is 1. The van der Waals surface area contributed by atoms with Crippen molar-refractivity contribution in [3.8, 4) is 5.69 Å². The average molecular weight is 670 g/mol. The largest absolute Gasteiger partial charge is 0.434 e. The minimum absolute atomic E-state index is 0.113. The van der Waals surface area contributed by atoms with E-state index in [4.69, 9.17) is 5.10 Å². The van der Waals surface area contributed by atoms with Crippen molar-refractivity contribution in [3.05, 3.63) is 107 Å². The minimum atomic E-state index is -4.83. The number of aromatic nitrogens is 4. The maximum Gasteiger partial charge on any atom is 0.434 e. The number of Topliss-reactive ketones (excluding diaryl/α,β-unsaturated/α-hetero) is 1. The first kappa shape index (κ1) is 33.8. The van der Waals surface area contributed by atoms with E-state index in [-0.39, 0.29) is 16.8 Å². The molecule has 3 N–H and O–H groups in total. The van der Waals surface area contributed by atoms with E-state index in [1.165, 1.54) is 24.5 Å². The summed E-state index contributed by atoms with van der Waals surface area (Å²) in [5, 5.41) is 14.1. The van der Waals surface area contributed by atoms with E-state index in [1.807, 2.05) is 58.0 Å². The summed E-state index contributed by atoms with van der Waals surface area (Å²) in [5.41, 5.74) is 1.87. The molecule has 9 nitrogen and oxygen atoms in total. The molecule has 6 rings (SSSR count). The van der Waals surface area contributed by atoms with Crippen molar-refractivity contribution in [2.45, 2.75) is 58.0 Å². The Morgan fingerprint density at radius 1 is 0.939 bits per heavy atom. The van der Waals surface area contributed by atoms with Crippen LogP contribution in [0.4, 0.5) is 29.5 Å². The molecule has 0 bridgehead atoms. The van der Waals surface area contributed by atoms with Gasteiger partial charge in [-0.3, -0.25) is 15.1 Å². The van der Waals surface area contributed by atoms with E-state index >= 15 is 0 Å². The molecule has 1 saturated heterocycles. The van der Waals surface area contributed by atoms with Crippen LogP contribution in [0.5, 0.6) is 0 Å². The van der Waals surface area contributed by atoms with Gasteiger partial charge < -0.3 is 10.6 Å². The number of benzene rings is 2. The first-order valence-electron chi connectivity index (χ1n) is 16.2. The van der Waals surface area contributed by atoms with Gasteiger partial charge in [0.1, 0.15) is 5.82 Å². The van der Waals surface area contributed by atoms with Gasteiger partial charge in [0.05, 0.1) is 22.8 Å². The fourth-order valence-corrected chi connectivity index (χ4v) is 6.18. The maximum absolute atomic E-state index is 14.3. The number of pyridine rings is 2. The number of rotatable bonds is 7. The molecule has 12 heteroatoms. The third-order valence-corrected chi connectivity index (χ3v) is 8.81. The Bertz CT molecular complexity index is 1980. The second-order valence-corrected chi connectivity index (χ2v) is 13.5. The van der Waals surface area contributed by atoms with Gasteiger partial charge in [0.15, 0.2) is 11.5 Å². The lowest BCUT2D eigenvalue weighted by atomic mass is 9.76. The van der Waals surface area contributed by atoms with Crippen LogP contribution in [0.2, 0.25) is 0 Å². The van der Waals surface area contributed by atoms with Crippen LogP contribution in [-0.4, -0.2) is 44.7 Å². The SMILES string of the molecule is Cc1ccc(-n2nc(C(C)(C)C)cc2NC(=O)Nc2ccc(C(C(=O)c3cc4cnccc4nc3C(F)(F)F)C3CCNCC3)cc2)cc1. The highest BCUT2D eigenvalue weighted by Gasteiger charge is 2.41. The highest BCUT2D eigenvalue weighted by atomic mass is 19.4. The molecular weight excluding hydrogens is 631 g/mol. The summed E-state index contributed by atoms with van der Waals surface area (Å²) < 4.78 is 44.5. The number of fused-ring (bicyclic) bond motifs is 1. The van der Waals surface area contributed by atoms with Crippen LogP contribution in [0.1, 0.15) is 72.4 Å². The highest BCUT2D eigenvalue weighted by molar-refractivity contribution is 6.04. The number of anilines is 2. The predicted octanol–water partition coefficient (Wildman–Crippen LogP) is 8.05. The minimum Gasteiger partial charge on any atom is -0.317 e. The third kappa shape index (κ3) is 7.49. The number of aryl methyl sites for hydroxylation is 1. The van der Waals surface area contributed by atoms with Crippen molar-refractivity contribution in [3.63, 3.8) is 0 Å². The van der Waals surface area contributed by atoms with Crippen LogP contribution in [0.15, 0.2) is 79.1 Å². The molecule has 1 fully saturated rings. The van der Waals surface area contributed by atoms with Gasteiger partial charge in [0, 0.05) is 40.5 Å². The topological polar surface area (TPSA) is 114 Å². The van der Waals surface area contributed by atoms with E-state index in [1.54, 1.807) is 28.9 Å². The van der Waals surface area contributed by atoms with Crippen LogP contribution in [0.25, 0.3) is 16.6 Å². The van der Waals surface area contributed by atoms with E-state index in [0.717, 1.165) is 16.9 Å². The summed E-state index contributed by atoms with van der Waals surface area (Å²) in [6.45, 7) is 9.42. The Morgan fingerprint density at radius 2 is 1.63 bits per heavy atom. The normalized spacial score (nSPS) is 14.8. The predicted molar refractivity (Wildman–Crippen MR) is 183 cm³/mol. The van der Waals surface area contributed by atoms with E-state index in [2.05, 4.69) is 25.9 Å². The van der Waals surface area contributed by atoms with Gasteiger partial charge in [-0.15, -0.1) is 0 Å². The summed E-state index contributed by atoms with van der Waals surface area (Å²) in [7, 11) is 0. The number of carbonyl (C=O) groups is 2. The van der Waals surface area contributed by atoms with Crippen LogP contribution in [-0.2, 0) is 11.6 Å². The number of halogens is 3. The molecule has 1 unspecified atom stereocenters. The van der Waals surface area contributed by atoms with Gasteiger partial charge in [-0.25, -0.2) is 14.5 Å². The zero-order chi connectivity index (χ0) is 34.9. The molecular formula is C37H38F3N7O2. The molecule has 2 amide bonds. The number of amides is 2. The second kappa shape index (κ2) is 13.4. The molecule has 3 aromatic heterocycles. The molecule has 5 aromatic rings.